The fourth-order valence-electron chi connectivity index (χ4n) is 1.40. The molecule has 94 valence electrons. The van der Waals surface area contributed by atoms with Crippen molar-refractivity contribution in [3.05, 3.63) is 41.4 Å². The van der Waals surface area contributed by atoms with E-state index >= 15 is 0 Å². The first-order valence-electron chi connectivity index (χ1n) is 5.17. The molecule has 0 aliphatic rings. The number of alkyl halides is 3. The van der Waals surface area contributed by atoms with Gasteiger partial charge in [0, 0.05) is 6.54 Å². The number of benzene rings is 1. The van der Waals surface area contributed by atoms with Crippen molar-refractivity contribution in [2.45, 2.75) is 19.0 Å². The lowest BCUT2D eigenvalue weighted by Gasteiger charge is -2.15. The van der Waals surface area contributed by atoms with Crippen molar-refractivity contribution in [3.8, 4) is 0 Å². The van der Waals surface area contributed by atoms with Crippen LogP contribution in [-0.4, -0.2) is 6.54 Å². The average Bonchev–Trinajstić information content (AvgIpc) is 2.24. The molecule has 0 aliphatic carbocycles. The lowest BCUT2D eigenvalue weighted by atomic mass is 10.1. The largest absolute Gasteiger partial charge is 0.418 e. The van der Waals surface area contributed by atoms with Gasteiger partial charge in [0.1, 0.15) is 0 Å². The highest BCUT2D eigenvalue weighted by Gasteiger charge is 2.34. The van der Waals surface area contributed by atoms with Gasteiger partial charge in [-0.15, -0.1) is 6.58 Å². The molecule has 0 fully saturated rings. The van der Waals surface area contributed by atoms with Crippen LogP contribution in [0, 0.1) is 0 Å². The third-order valence-electron chi connectivity index (χ3n) is 2.21. The zero-order valence-electron chi connectivity index (χ0n) is 9.15. The molecular formula is C12H13ClF3N. The summed E-state index contributed by atoms with van der Waals surface area (Å²) in [7, 11) is 0. The van der Waals surface area contributed by atoms with Crippen LogP contribution in [0.15, 0.2) is 30.9 Å². The lowest BCUT2D eigenvalue weighted by Crippen LogP contribution is -2.12. The molecule has 1 aromatic carbocycles. The summed E-state index contributed by atoms with van der Waals surface area (Å²) >= 11 is 5.77. The maximum absolute atomic E-state index is 12.7. The molecular weight excluding hydrogens is 251 g/mol. The summed E-state index contributed by atoms with van der Waals surface area (Å²) in [4.78, 5) is 0. The number of rotatable bonds is 5. The Balaban J connectivity index is 2.85. The van der Waals surface area contributed by atoms with E-state index in [1.807, 2.05) is 0 Å². The van der Waals surface area contributed by atoms with Crippen molar-refractivity contribution in [3.63, 3.8) is 0 Å². The van der Waals surface area contributed by atoms with E-state index in [9.17, 15) is 13.2 Å². The summed E-state index contributed by atoms with van der Waals surface area (Å²) in [5.74, 6) is 0. The van der Waals surface area contributed by atoms with Crippen LogP contribution in [0.25, 0.3) is 0 Å². The third kappa shape index (κ3) is 3.97. The lowest BCUT2D eigenvalue weighted by molar-refractivity contribution is -0.136. The van der Waals surface area contributed by atoms with Crippen LogP contribution in [0.5, 0.6) is 0 Å². The van der Waals surface area contributed by atoms with Crippen LogP contribution in [0.2, 0.25) is 5.02 Å². The van der Waals surface area contributed by atoms with Crippen molar-refractivity contribution < 1.29 is 13.2 Å². The number of allylic oxidation sites excluding steroid dienone is 1. The molecule has 1 nitrogen and oxygen atoms in total. The Morgan fingerprint density at radius 1 is 1.35 bits per heavy atom. The first-order chi connectivity index (χ1) is 7.96. The molecule has 5 heteroatoms. The van der Waals surface area contributed by atoms with Crippen molar-refractivity contribution in [2.24, 2.45) is 0 Å². The van der Waals surface area contributed by atoms with E-state index < -0.39 is 11.7 Å². The normalized spacial score (nSPS) is 11.3. The number of para-hydroxylation sites is 1. The topological polar surface area (TPSA) is 12.0 Å². The van der Waals surface area contributed by atoms with E-state index in [-0.39, 0.29) is 10.7 Å². The van der Waals surface area contributed by atoms with Crippen LogP contribution in [-0.2, 0) is 6.18 Å². The molecule has 1 N–H and O–H groups in total. The van der Waals surface area contributed by atoms with Crippen molar-refractivity contribution >= 4 is 17.3 Å². The van der Waals surface area contributed by atoms with Gasteiger partial charge in [-0.1, -0.05) is 23.7 Å². The molecule has 1 rings (SSSR count). The van der Waals surface area contributed by atoms with Crippen LogP contribution in [0.4, 0.5) is 18.9 Å². The molecule has 0 spiro atoms. The molecule has 0 heterocycles. The summed E-state index contributed by atoms with van der Waals surface area (Å²) in [6.45, 7) is 3.98. The van der Waals surface area contributed by atoms with Gasteiger partial charge in [-0.2, -0.15) is 13.2 Å². The number of anilines is 1. The van der Waals surface area contributed by atoms with Gasteiger partial charge in [-0.3, -0.25) is 0 Å². The second-order valence-corrected chi connectivity index (χ2v) is 3.93. The molecule has 0 unspecified atom stereocenters. The van der Waals surface area contributed by atoms with E-state index in [1.54, 1.807) is 6.08 Å². The maximum atomic E-state index is 12.7. The Morgan fingerprint density at radius 3 is 2.65 bits per heavy atom. The first-order valence-corrected chi connectivity index (χ1v) is 5.55. The smallest absolute Gasteiger partial charge is 0.383 e. The van der Waals surface area contributed by atoms with E-state index in [0.717, 1.165) is 12.5 Å². The summed E-state index contributed by atoms with van der Waals surface area (Å²) < 4.78 is 38.1. The number of unbranched alkanes of at least 4 members (excludes halogenated alkanes) is 1. The molecule has 0 amide bonds. The minimum Gasteiger partial charge on any atom is -0.383 e. The number of halogens is 4. The summed E-state index contributed by atoms with van der Waals surface area (Å²) in [6, 6.07) is 3.74. The zero-order chi connectivity index (χ0) is 12.9. The zero-order valence-corrected chi connectivity index (χ0v) is 9.91. The molecule has 0 atom stereocenters. The molecule has 17 heavy (non-hydrogen) atoms. The Kier molecular flexibility index (Phi) is 4.87. The van der Waals surface area contributed by atoms with Crippen molar-refractivity contribution in [2.75, 3.05) is 11.9 Å². The van der Waals surface area contributed by atoms with Crippen LogP contribution < -0.4 is 5.32 Å². The highest BCUT2D eigenvalue weighted by molar-refractivity contribution is 6.33. The number of hydrogen-bond donors (Lipinski definition) is 1. The van der Waals surface area contributed by atoms with Gasteiger partial charge in [-0.05, 0) is 25.0 Å². The number of nitrogens with one attached hydrogen (secondary N) is 1. The molecule has 0 aromatic heterocycles. The molecule has 0 radical (unpaired) electrons. The minimum atomic E-state index is -4.40. The van der Waals surface area contributed by atoms with Gasteiger partial charge >= 0.3 is 6.18 Å². The average molecular weight is 264 g/mol. The summed E-state index contributed by atoms with van der Waals surface area (Å²) in [5.41, 5.74) is -0.783. The number of hydrogen-bond acceptors (Lipinski definition) is 1. The second kappa shape index (κ2) is 5.96. The van der Waals surface area contributed by atoms with Crippen molar-refractivity contribution in [1.29, 1.82) is 0 Å². The molecule has 1 aromatic rings. The molecule has 0 bridgehead atoms. The van der Waals surface area contributed by atoms with Crippen molar-refractivity contribution in [1.82, 2.24) is 0 Å². The first kappa shape index (κ1) is 13.9. The standard InChI is InChI=1S/C12H13ClF3N/c1-2-3-4-8-17-11-9(12(14,15)16)6-5-7-10(11)13/h2,5-7,17H,1,3-4,8H2. The maximum Gasteiger partial charge on any atom is 0.418 e. The fraction of sp³-hybridized carbons (Fsp3) is 0.333. The Morgan fingerprint density at radius 2 is 2.06 bits per heavy atom. The monoisotopic (exact) mass is 263 g/mol. The highest BCUT2D eigenvalue weighted by atomic mass is 35.5. The Labute approximate surface area is 103 Å². The van der Waals surface area contributed by atoms with Gasteiger partial charge in [0.05, 0.1) is 16.3 Å². The third-order valence-corrected chi connectivity index (χ3v) is 2.52. The van der Waals surface area contributed by atoms with Gasteiger partial charge in [-0.25, -0.2) is 0 Å². The Bertz CT molecular complexity index is 388. The van der Waals surface area contributed by atoms with Crippen LogP contribution >= 0.6 is 11.6 Å². The summed E-state index contributed by atoms with van der Waals surface area (Å²) in [6.07, 6.45) is -1.21. The van der Waals surface area contributed by atoms with Gasteiger partial charge in [0.15, 0.2) is 0 Å². The van der Waals surface area contributed by atoms with Gasteiger partial charge in [0.2, 0.25) is 0 Å². The molecule has 0 aliphatic heterocycles. The highest BCUT2D eigenvalue weighted by Crippen LogP contribution is 2.38. The Hall–Kier alpha value is -1.16. The second-order valence-electron chi connectivity index (χ2n) is 3.52. The van der Waals surface area contributed by atoms with E-state index in [2.05, 4.69) is 11.9 Å². The predicted molar refractivity (Wildman–Crippen MR) is 64.4 cm³/mol. The fourth-order valence-corrected chi connectivity index (χ4v) is 1.64. The van der Waals surface area contributed by atoms with Gasteiger partial charge in [0.25, 0.3) is 0 Å². The quantitative estimate of drug-likeness (QED) is 0.598. The summed E-state index contributed by atoms with van der Waals surface area (Å²) in [5, 5.41) is 2.81. The van der Waals surface area contributed by atoms with E-state index in [4.69, 9.17) is 11.6 Å². The van der Waals surface area contributed by atoms with E-state index in [1.165, 1.54) is 12.1 Å². The van der Waals surface area contributed by atoms with Gasteiger partial charge < -0.3 is 5.32 Å². The van der Waals surface area contributed by atoms with E-state index in [0.29, 0.717) is 13.0 Å². The van der Waals surface area contributed by atoms with Crippen LogP contribution in [0.3, 0.4) is 0 Å². The molecule has 0 saturated heterocycles. The predicted octanol–water partition coefficient (Wildman–Crippen LogP) is 4.74. The minimum absolute atomic E-state index is 0.0503. The molecule has 0 saturated carbocycles. The van der Waals surface area contributed by atoms with Crippen LogP contribution in [0.1, 0.15) is 18.4 Å². The SMILES string of the molecule is C=CCCCNc1c(Cl)cccc1C(F)(F)F.